The Morgan fingerprint density at radius 3 is 1.71 bits per heavy atom. The average molecular weight is 325 g/mol. The number of aryl methyl sites for hydroxylation is 4. The first-order chi connectivity index (χ1) is 11.2. The van der Waals surface area contributed by atoms with Crippen LogP contribution in [0.15, 0.2) is 36.4 Å². The summed E-state index contributed by atoms with van der Waals surface area (Å²) in [5.74, 6) is 0. The van der Waals surface area contributed by atoms with E-state index >= 15 is 0 Å². The maximum Gasteiger partial charge on any atom is 0.0430 e. The van der Waals surface area contributed by atoms with E-state index in [1.165, 1.54) is 33.6 Å². The zero-order valence-electron chi connectivity index (χ0n) is 16.3. The highest BCUT2D eigenvalue weighted by Crippen LogP contribution is 2.30. The molecule has 0 unspecified atom stereocenters. The summed E-state index contributed by atoms with van der Waals surface area (Å²) in [7, 11) is 0. The molecule has 2 aromatic carbocycles. The Balaban J connectivity index is 2.20. The van der Waals surface area contributed by atoms with Crippen LogP contribution >= 0.6 is 0 Å². The smallest absolute Gasteiger partial charge is 0.0430 e. The average Bonchev–Trinajstić information content (AvgIpc) is 2.47. The lowest BCUT2D eigenvalue weighted by Crippen LogP contribution is -2.45. The van der Waals surface area contributed by atoms with E-state index in [0.717, 1.165) is 13.1 Å². The van der Waals surface area contributed by atoms with E-state index in [9.17, 15) is 0 Å². The zero-order valence-corrected chi connectivity index (χ0v) is 16.3. The van der Waals surface area contributed by atoms with Gasteiger partial charge >= 0.3 is 0 Å². The second-order valence-corrected chi connectivity index (χ2v) is 7.76. The van der Waals surface area contributed by atoms with E-state index in [1.807, 2.05) is 0 Å². The second kappa shape index (κ2) is 7.29. The van der Waals surface area contributed by atoms with Crippen LogP contribution < -0.4 is 10.2 Å². The zero-order chi connectivity index (χ0) is 17.9. The first-order valence-electron chi connectivity index (χ1n) is 8.86. The van der Waals surface area contributed by atoms with Gasteiger partial charge in [-0.1, -0.05) is 36.4 Å². The van der Waals surface area contributed by atoms with Gasteiger partial charge in [-0.2, -0.15) is 0 Å². The third-order valence-corrected chi connectivity index (χ3v) is 4.64. The molecule has 2 heteroatoms. The summed E-state index contributed by atoms with van der Waals surface area (Å²) in [6.07, 6.45) is 0. The fourth-order valence-corrected chi connectivity index (χ4v) is 3.40. The van der Waals surface area contributed by atoms with Crippen molar-refractivity contribution in [3.05, 3.63) is 58.7 Å². The Morgan fingerprint density at radius 1 is 0.792 bits per heavy atom. The summed E-state index contributed by atoms with van der Waals surface area (Å²) in [4.78, 5) is 2.53. The minimum Gasteiger partial charge on any atom is -0.383 e. The number of hydrogen-bond acceptors (Lipinski definition) is 2. The summed E-state index contributed by atoms with van der Waals surface area (Å²) in [6.45, 7) is 17.5. The van der Waals surface area contributed by atoms with Crippen LogP contribution in [0.5, 0.6) is 0 Å². The largest absolute Gasteiger partial charge is 0.383 e. The molecule has 24 heavy (non-hydrogen) atoms. The van der Waals surface area contributed by atoms with Crippen molar-refractivity contribution < 1.29 is 0 Å². The number of nitrogens with zero attached hydrogens (tertiary/aromatic N) is 1. The van der Waals surface area contributed by atoms with E-state index in [1.54, 1.807) is 0 Å². The van der Waals surface area contributed by atoms with Crippen molar-refractivity contribution >= 4 is 11.4 Å². The topological polar surface area (TPSA) is 15.3 Å². The number of benzene rings is 2. The molecule has 0 saturated carbocycles. The Kier molecular flexibility index (Phi) is 5.58. The molecule has 2 aromatic rings. The van der Waals surface area contributed by atoms with Crippen LogP contribution in [-0.2, 0) is 0 Å². The molecule has 0 radical (unpaired) electrons. The van der Waals surface area contributed by atoms with Crippen LogP contribution in [0, 0.1) is 27.7 Å². The number of hydrogen-bond donors (Lipinski definition) is 1. The lowest BCUT2D eigenvalue weighted by Gasteiger charge is -2.40. The van der Waals surface area contributed by atoms with Gasteiger partial charge in [-0.25, -0.2) is 0 Å². The van der Waals surface area contributed by atoms with Gasteiger partial charge < -0.3 is 10.2 Å². The second-order valence-electron chi connectivity index (χ2n) is 7.76. The molecule has 2 rings (SSSR count). The Labute approximate surface area is 147 Å². The van der Waals surface area contributed by atoms with E-state index in [4.69, 9.17) is 0 Å². The number of nitrogens with one attached hydrogen (secondary N) is 1. The Hall–Kier alpha value is -1.96. The molecule has 0 heterocycles. The van der Waals surface area contributed by atoms with Crippen LogP contribution in [0.1, 0.15) is 43.0 Å². The molecule has 0 bridgehead atoms. The van der Waals surface area contributed by atoms with Crippen molar-refractivity contribution in [3.63, 3.8) is 0 Å². The maximum atomic E-state index is 3.65. The third-order valence-electron chi connectivity index (χ3n) is 4.64. The molecule has 0 aliphatic heterocycles. The molecule has 2 nitrogen and oxygen atoms in total. The fourth-order valence-electron chi connectivity index (χ4n) is 3.40. The molecule has 0 amide bonds. The summed E-state index contributed by atoms with van der Waals surface area (Å²) < 4.78 is 0. The van der Waals surface area contributed by atoms with Gasteiger partial charge in [0.15, 0.2) is 0 Å². The lowest BCUT2D eigenvalue weighted by molar-refractivity contribution is 0.507. The highest BCUT2D eigenvalue weighted by molar-refractivity contribution is 5.61. The summed E-state index contributed by atoms with van der Waals surface area (Å²) >= 11 is 0. The first kappa shape index (κ1) is 18.4. The van der Waals surface area contributed by atoms with Crippen molar-refractivity contribution in [1.82, 2.24) is 0 Å². The van der Waals surface area contributed by atoms with Crippen molar-refractivity contribution in [3.8, 4) is 0 Å². The van der Waals surface area contributed by atoms with E-state index in [0.29, 0.717) is 0 Å². The van der Waals surface area contributed by atoms with Crippen LogP contribution in [0.2, 0.25) is 0 Å². The monoisotopic (exact) mass is 324 g/mol. The maximum absolute atomic E-state index is 3.65. The van der Waals surface area contributed by atoms with Gasteiger partial charge in [-0.15, -0.1) is 0 Å². The predicted molar refractivity (Wildman–Crippen MR) is 107 cm³/mol. The molecule has 0 aliphatic carbocycles. The molecule has 130 valence electrons. The molecule has 0 spiro atoms. The number of rotatable bonds is 5. The van der Waals surface area contributed by atoms with Gasteiger partial charge in [-0.3, -0.25) is 0 Å². The summed E-state index contributed by atoms with van der Waals surface area (Å²) in [6, 6.07) is 13.0. The Bertz CT molecular complexity index is 655. The van der Waals surface area contributed by atoms with Crippen molar-refractivity contribution in [2.75, 3.05) is 23.3 Å². The number of para-hydroxylation sites is 2. The van der Waals surface area contributed by atoms with Crippen molar-refractivity contribution in [1.29, 1.82) is 0 Å². The van der Waals surface area contributed by atoms with E-state index in [-0.39, 0.29) is 5.54 Å². The van der Waals surface area contributed by atoms with Gasteiger partial charge in [-0.05, 0) is 70.7 Å². The first-order valence-corrected chi connectivity index (χ1v) is 8.86. The van der Waals surface area contributed by atoms with Gasteiger partial charge in [0, 0.05) is 30.0 Å². The van der Waals surface area contributed by atoms with E-state index in [2.05, 4.69) is 95.1 Å². The molecule has 0 aliphatic rings. The SMILES string of the molecule is Cc1cccc(C)c1NCCN(c1c(C)cccc1C)C(C)(C)C. The van der Waals surface area contributed by atoms with Crippen LogP contribution in [0.3, 0.4) is 0 Å². The summed E-state index contributed by atoms with van der Waals surface area (Å²) in [5.41, 5.74) is 8.03. The molecule has 0 aromatic heterocycles. The summed E-state index contributed by atoms with van der Waals surface area (Å²) in [5, 5.41) is 3.65. The molecule has 0 atom stereocenters. The molecular formula is C22H32N2. The molecular weight excluding hydrogens is 292 g/mol. The van der Waals surface area contributed by atoms with Crippen LogP contribution in [-0.4, -0.2) is 18.6 Å². The highest BCUT2D eigenvalue weighted by atomic mass is 15.2. The van der Waals surface area contributed by atoms with Gasteiger partial charge in [0.1, 0.15) is 0 Å². The van der Waals surface area contributed by atoms with Crippen LogP contribution in [0.25, 0.3) is 0 Å². The minimum atomic E-state index is 0.0827. The predicted octanol–water partition coefficient (Wildman–Crippen LogP) is 5.64. The van der Waals surface area contributed by atoms with Gasteiger partial charge in [0.05, 0.1) is 0 Å². The minimum absolute atomic E-state index is 0.0827. The van der Waals surface area contributed by atoms with Crippen molar-refractivity contribution in [2.45, 2.75) is 54.0 Å². The standard InChI is InChI=1S/C22H32N2/c1-16-10-8-11-17(2)20(16)23-14-15-24(22(5,6)7)21-18(3)12-9-13-19(21)4/h8-13,23H,14-15H2,1-7H3. The number of anilines is 2. The fraction of sp³-hybridized carbons (Fsp3) is 0.455. The molecule has 0 fully saturated rings. The Morgan fingerprint density at radius 2 is 1.25 bits per heavy atom. The van der Waals surface area contributed by atoms with E-state index < -0.39 is 0 Å². The normalized spacial score (nSPS) is 11.5. The molecule has 0 saturated heterocycles. The highest BCUT2D eigenvalue weighted by Gasteiger charge is 2.24. The lowest BCUT2D eigenvalue weighted by atomic mass is 10.00. The third kappa shape index (κ3) is 4.11. The van der Waals surface area contributed by atoms with Gasteiger partial charge in [0.2, 0.25) is 0 Å². The quantitative estimate of drug-likeness (QED) is 0.766. The van der Waals surface area contributed by atoms with Crippen LogP contribution in [0.4, 0.5) is 11.4 Å². The van der Waals surface area contributed by atoms with Gasteiger partial charge in [0.25, 0.3) is 0 Å². The van der Waals surface area contributed by atoms with Crippen molar-refractivity contribution in [2.24, 2.45) is 0 Å². The molecule has 1 N–H and O–H groups in total.